The minimum Gasteiger partial charge on any atom is -0.466 e. The normalized spacial score (nSPS) is 11.8. The lowest BCUT2D eigenvalue weighted by Crippen LogP contribution is -2.21. The third-order valence-electron chi connectivity index (χ3n) is 3.88. The van der Waals surface area contributed by atoms with Crippen LogP contribution in [0.15, 0.2) is 30.3 Å². The van der Waals surface area contributed by atoms with Crippen molar-refractivity contribution in [1.29, 1.82) is 0 Å². The van der Waals surface area contributed by atoms with Gasteiger partial charge in [-0.2, -0.15) is 4.37 Å². The zero-order valence-electron chi connectivity index (χ0n) is 15.2. The Bertz CT molecular complexity index is 703. The summed E-state index contributed by atoms with van der Waals surface area (Å²) in [5.74, 6) is 0.122. The molecular formula is C19H25N3O3S. The van der Waals surface area contributed by atoms with Crippen molar-refractivity contribution in [1.82, 2.24) is 9.36 Å². The summed E-state index contributed by atoms with van der Waals surface area (Å²) in [6, 6.07) is 9.40. The zero-order valence-corrected chi connectivity index (χ0v) is 16.1. The molecule has 1 atom stereocenters. The second-order valence-electron chi connectivity index (χ2n) is 5.99. The van der Waals surface area contributed by atoms with Gasteiger partial charge in [0.25, 0.3) is 0 Å². The number of aryl methyl sites for hydroxylation is 1. The lowest BCUT2D eigenvalue weighted by Gasteiger charge is -2.14. The molecule has 0 aliphatic carbocycles. The molecule has 26 heavy (non-hydrogen) atoms. The van der Waals surface area contributed by atoms with Crippen molar-refractivity contribution in [3.05, 3.63) is 41.2 Å². The number of carbonyl (C=O) groups is 2. The first-order valence-electron chi connectivity index (χ1n) is 8.92. The Labute approximate surface area is 158 Å². The SMILES string of the molecule is CCOC(=O)CCCCCC(C(=O)Nc1ccccc1)c1nc(C)ns1. The van der Waals surface area contributed by atoms with Crippen LogP contribution in [0.25, 0.3) is 0 Å². The van der Waals surface area contributed by atoms with E-state index in [-0.39, 0.29) is 17.8 Å². The average molecular weight is 375 g/mol. The summed E-state index contributed by atoms with van der Waals surface area (Å²) in [4.78, 5) is 28.5. The zero-order chi connectivity index (χ0) is 18.8. The van der Waals surface area contributed by atoms with Gasteiger partial charge in [-0.1, -0.05) is 31.0 Å². The van der Waals surface area contributed by atoms with Crippen molar-refractivity contribution in [3.63, 3.8) is 0 Å². The number of ether oxygens (including phenoxy) is 1. The van der Waals surface area contributed by atoms with E-state index in [0.29, 0.717) is 25.3 Å². The number of rotatable bonds is 10. The molecule has 1 unspecified atom stereocenters. The molecule has 0 aliphatic heterocycles. The van der Waals surface area contributed by atoms with E-state index in [0.717, 1.165) is 30.0 Å². The molecule has 1 amide bonds. The van der Waals surface area contributed by atoms with Gasteiger partial charge in [0.05, 0.1) is 12.5 Å². The minimum atomic E-state index is -0.330. The second kappa shape index (κ2) is 10.7. The smallest absolute Gasteiger partial charge is 0.305 e. The van der Waals surface area contributed by atoms with Gasteiger partial charge in [0, 0.05) is 12.1 Å². The van der Waals surface area contributed by atoms with Crippen LogP contribution in [-0.4, -0.2) is 27.8 Å². The Kier molecular flexibility index (Phi) is 8.21. The average Bonchev–Trinajstić information content (AvgIpc) is 3.05. The molecule has 0 aliphatic rings. The van der Waals surface area contributed by atoms with Gasteiger partial charge < -0.3 is 10.1 Å². The molecule has 2 rings (SSSR count). The van der Waals surface area contributed by atoms with Crippen LogP contribution in [0.4, 0.5) is 5.69 Å². The van der Waals surface area contributed by atoms with Crippen molar-refractivity contribution in [2.75, 3.05) is 11.9 Å². The van der Waals surface area contributed by atoms with Crippen LogP contribution in [0.5, 0.6) is 0 Å². The number of nitrogens with zero attached hydrogens (tertiary/aromatic N) is 2. The van der Waals surface area contributed by atoms with E-state index in [1.807, 2.05) is 37.3 Å². The highest BCUT2D eigenvalue weighted by molar-refractivity contribution is 7.05. The Morgan fingerprint density at radius 2 is 1.96 bits per heavy atom. The Balaban J connectivity index is 1.90. The number of esters is 1. The standard InChI is InChI=1S/C19H25N3O3S/c1-3-25-17(23)13-9-5-8-12-16(19-20-14(2)22-26-19)18(24)21-15-10-6-4-7-11-15/h4,6-7,10-11,16H,3,5,8-9,12-13H2,1-2H3,(H,21,24). The van der Waals surface area contributed by atoms with Crippen LogP contribution < -0.4 is 5.32 Å². The lowest BCUT2D eigenvalue weighted by atomic mass is 10.00. The molecule has 1 aromatic carbocycles. The monoisotopic (exact) mass is 375 g/mol. The topological polar surface area (TPSA) is 81.2 Å². The minimum absolute atomic E-state index is 0.0715. The van der Waals surface area contributed by atoms with E-state index in [1.54, 1.807) is 6.92 Å². The second-order valence-corrected chi connectivity index (χ2v) is 6.78. The predicted octanol–water partition coefficient (Wildman–Crippen LogP) is 4.08. The van der Waals surface area contributed by atoms with Crippen LogP contribution in [0.2, 0.25) is 0 Å². The fraction of sp³-hybridized carbons (Fsp3) is 0.474. The van der Waals surface area contributed by atoms with E-state index in [1.165, 1.54) is 11.5 Å². The summed E-state index contributed by atoms with van der Waals surface area (Å²) in [6.45, 7) is 4.04. The van der Waals surface area contributed by atoms with Gasteiger partial charge in [-0.3, -0.25) is 9.59 Å². The lowest BCUT2D eigenvalue weighted by molar-refractivity contribution is -0.143. The van der Waals surface area contributed by atoms with Gasteiger partial charge in [0.15, 0.2) is 0 Å². The Morgan fingerprint density at radius 1 is 1.19 bits per heavy atom. The fourth-order valence-electron chi connectivity index (χ4n) is 2.60. The van der Waals surface area contributed by atoms with Crippen LogP contribution in [0, 0.1) is 6.92 Å². The maximum Gasteiger partial charge on any atom is 0.305 e. The first-order valence-corrected chi connectivity index (χ1v) is 9.69. The molecular weight excluding hydrogens is 350 g/mol. The quantitative estimate of drug-likeness (QED) is 0.500. The highest BCUT2D eigenvalue weighted by Gasteiger charge is 2.24. The summed E-state index contributed by atoms with van der Waals surface area (Å²) >= 11 is 1.28. The number of hydrogen-bond donors (Lipinski definition) is 1. The largest absolute Gasteiger partial charge is 0.466 e. The first kappa shape index (κ1) is 20.0. The first-order chi connectivity index (χ1) is 12.6. The molecule has 0 spiro atoms. The highest BCUT2D eigenvalue weighted by Crippen LogP contribution is 2.26. The van der Waals surface area contributed by atoms with Gasteiger partial charge in [-0.25, -0.2) is 4.98 Å². The summed E-state index contributed by atoms with van der Waals surface area (Å²) < 4.78 is 9.13. The molecule has 0 radical (unpaired) electrons. The molecule has 1 heterocycles. The van der Waals surface area contributed by atoms with Crippen LogP contribution in [-0.2, 0) is 14.3 Å². The third-order valence-corrected chi connectivity index (χ3v) is 4.80. The molecule has 7 heteroatoms. The van der Waals surface area contributed by atoms with Crippen molar-refractivity contribution in [2.45, 2.75) is 51.9 Å². The van der Waals surface area contributed by atoms with Crippen molar-refractivity contribution in [2.24, 2.45) is 0 Å². The molecule has 2 aromatic rings. The van der Waals surface area contributed by atoms with Crippen LogP contribution >= 0.6 is 11.5 Å². The van der Waals surface area contributed by atoms with Crippen LogP contribution in [0.1, 0.15) is 55.8 Å². The van der Waals surface area contributed by atoms with E-state index in [2.05, 4.69) is 14.7 Å². The van der Waals surface area contributed by atoms with Crippen molar-refractivity contribution in [3.8, 4) is 0 Å². The number of para-hydroxylation sites is 1. The molecule has 1 N–H and O–H groups in total. The number of unbranched alkanes of at least 4 members (excludes halogenated alkanes) is 2. The summed E-state index contributed by atoms with van der Waals surface area (Å²) in [5.41, 5.74) is 0.769. The van der Waals surface area contributed by atoms with E-state index >= 15 is 0 Å². The maximum atomic E-state index is 12.7. The molecule has 6 nitrogen and oxygen atoms in total. The number of benzene rings is 1. The van der Waals surface area contributed by atoms with Gasteiger partial charge >= 0.3 is 5.97 Å². The fourth-order valence-corrected chi connectivity index (χ4v) is 3.39. The molecule has 1 aromatic heterocycles. The number of carbonyl (C=O) groups excluding carboxylic acids is 2. The Hall–Kier alpha value is -2.28. The van der Waals surface area contributed by atoms with Gasteiger partial charge in [-0.15, -0.1) is 0 Å². The van der Waals surface area contributed by atoms with E-state index in [4.69, 9.17) is 4.74 Å². The third kappa shape index (κ3) is 6.55. The van der Waals surface area contributed by atoms with Crippen molar-refractivity contribution >= 4 is 29.1 Å². The summed E-state index contributed by atoms with van der Waals surface area (Å²) in [6.07, 6.45) is 3.57. The number of amides is 1. The molecule has 0 saturated heterocycles. The van der Waals surface area contributed by atoms with Gasteiger partial charge in [0.1, 0.15) is 10.8 Å². The van der Waals surface area contributed by atoms with Crippen molar-refractivity contribution < 1.29 is 14.3 Å². The van der Waals surface area contributed by atoms with Crippen LogP contribution in [0.3, 0.4) is 0 Å². The summed E-state index contributed by atoms with van der Waals surface area (Å²) in [5, 5.41) is 3.69. The van der Waals surface area contributed by atoms with Gasteiger partial charge in [-0.05, 0) is 50.4 Å². The van der Waals surface area contributed by atoms with E-state index < -0.39 is 0 Å². The number of anilines is 1. The summed E-state index contributed by atoms with van der Waals surface area (Å²) in [7, 11) is 0. The molecule has 0 saturated carbocycles. The molecule has 140 valence electrons. The van der Waals surface area contributed by atoms with Gasteiger partial charge in [0.2, 0.25) is 5.91 Å². The Morgan fingerprint density at radius 3 is 2.62 bits per heavy atom. The highest BCUT2D eigenvalue weighted by atomic mass is 32.1. The predicted molar refractivity (Wildman–Crippen MR) is 102 cm³/mol. The number of hydrogen-bond acceptors (Lipinski definition) is 6. The van der Waals surface area contributed by atoms with E-state index in [9.17, 15) is 9.59 Å². The maximum absolute atomic E-state index is 12.7. The number of aromatic nitrogens is 2. The number of nitrogens with one attached hydrogen (secondary N) is 1. The molecule has 0 fully saturated rings. The molecule has 0 bridgehead atoms.